The Labute approximate surface area is 161 Å². The molecule has 1 aromatic carbocycles. The summed E-state index contributed by atoms with van der Waals surface area (Å²) in [6.45, 7) is 7.09. The Bertz CT molecular complexity index is 553. The number of nitrogens with zero attached hydrogens (tertiary/aromatic N) is 1. The lowest BCUT2D eigenvalue weighted by Crippen LogP contribution is -2.45. The van der Waals surface area contributed by atoms with Crippen molar-refractivity contribution in [3.05, 3.63) is 29.8 Å². The van der Waals surface area contributed by atoms with Crippen LogP contribution in [0.1, 0.15) is 37.0 Å². The van der Waals surface area contributed by atoms with E-state index in [0.717, 1.165) is 19.6 Å². The number of carbonyl (C=O) groups is 2. The number of halogens is 2. The molecular weight excluding hydrogens is 363 g/mol. The number of likely N-dealkylation sites (tertiary alicyclic amines) is 1. The molecule has 0 unspecified atom stereocenters. The van der Waals surface area contributed by atoms with E-state index in [9.17, 15) is 9.59 Å². The number of nitrogens with two attached hydrogens (primary N) is 1. The fraction of sp³-hybridized carbons (Fsp3) is 0.529. The molecule has 6 nitrogen and oxygen atoms in total. The molecule has 0 radical (unpaired) electrons. The first-order valence-corrected chi connectivity index (χ1v) is 8.07. The van der Waals surface area contributed by atoms with E-state index in [4.69, 9.17) is 5.73 Å². The minimum atomic E-state index is -0.939. The van der Waals surface area contributed by atoms with Gasteiger partial charge in [0, 0.05) is 24.3 Å². The van der Waals surface area contributed by atoms with E-state index in [1.807, 2.05) is 0 Å². The molecule has 142 valence electrons. The number of anilines is 1. The molecule has 0 bridgehead atoms. The fourth-order valence-electron chi connectivity index (χ4n) is 2.43. The summed E-state index contributed by atoms with van der Waals surface area (Å²) in [6, 6.07) is 6.81. The fourth-order valence-corrected chi connectivity index (χ4v) is 2.43. The van der Waals surface area contributed by atoms with Gasteiger partial charge in [-0.25, -0.2) is 0 Å². The molecule has 0 spiro atoms. The van der Waals surface area contributed by atoms with Crippen LogP contribution in [0.4, 0.5) is 5.69 Å². The topological polar surface area (TPSA) is 87.5 Å². The average molecular weight is 391 g/mol. The van der Waals surface area contributed by atoms with Crippen molar-refractivity contribution >= 4 is 42.3 Å². The summed E-state index contributed by atoms with van der Waals surface area (Å²) in [5.41, 5.74) is 6.00. The Morgan fingerprint density at radius 1 is 1.12 bits per heavy atom. The van der Waals surface area contributed by atoms with Crippen molar-refractivity contribution in [1.29, 1.82) is 0 Å². The second kappa shape index (κ2) is 10.6. The second-order valence-electron chi connectivity index (χ2n) is 6.56. The Balaban J connectivity index is 0.00000288. The molecule has 25 heavy (non-hydrogen) atoms. The van der Waals surface area contributed by atoms with Crippen LogP contribution in [0.3, 0.4) is 0 Å². The summed E-state index contributed by atoms with van der Waals surface area (Å²) in [5.74, 6) is -0.360. The number of amides is 2. The van der Waals surface area contributed by atoms with Gasteiger partial charge in [-0.15, -0.1) is 24.8 Å². The Morgan fingerprint density at radius 2 is 1.68 bits per heavy atom. The summed E-state index contributed by atoms with van der Waals surface area (Å²) < 4.78 is 0. The Hall–Kier alpha value is -1.34. The highest BCUT2D eigenvalue weighted by Crippen LogP contribution is 2.12. The van der Waals surface area contributed by atoms with Gasteiger partial charge in [-0.05, 0) is 64.0 Å². The standard InChI is InChI=1S/C17H26N4O2.2ClH/c1-17(2,18)16(23)20-14-7-5-13(6-8-14)15(22)19-9-12-21-10-3-4-11-21;;/h5-8H,3-4,9-12,18H2,1-2H3,(H,19,22)(H,20,23);2*1H. The predicted octanol–water partition coefficient (Wildman–Crippen LogP) is 2.03. The molecule has 1 fully saturated rings. The van der Waals surface area contributed by atoms with Gasteiger partial charge in [-0.2, -0.15) is 0 Å². The molecule has 0 atom stereocenters. The van der Waals surface area contributed by atoms with E-state index >= 15 is 0 Å². The first-order chi connectivity index (χ1) is 10.9. The third kappa shape index (κ3) is 7.61. The highest BCUT2D eigenvalue weighted by molar-refractivity contribution is 5.98. The summed E-state index contributed by atoms with van der Waals surface area (Å²) in [4.78, 5) is 26.2. The summed E-state index contributed by atoms with van der Waals surface area (Å²) in [5, 5.41) is 5.65. The van der Waals surface area contributed by atoms with E-state index in [0.29, 0.717) is 17.8 Å². The van der Waals surface area contributed by atoms with Crippen molar-refractivity contribution in [3.63, 3.8) is 0 Å². The van der Waals surface area contributed by atoms with Gasteiger partial charge < -0.3 is 21.3 Å². The summed E-state index contributed by atoms with van der Waals surface area (Å²) in [6.07, 6.45) is 2.50. The maximum Gasteiger partial charge on any atom is 0.251 e. The minimum absolute atomic E-state index is 0. The first kappa shape index (κ1) is 23.7. The zero-order valence-electron chi connectivity index (χ0n) is 14.7. The molecule has 1 aliphatic heterocycles. The highest BCUT2D eigenvalue weighted by Gasteiger charge is 2.21. The first-order valence-electron chi connectivity index (χ1n) is 8.07. The number of rotatable bonds is 6. The molecule has 1 aromatic rings. The van der Waals surface area contributed by atoms with Gasteiger partial charge in [0.25, 0.3) is 5.91 Å². The number of carbonyl (C=O) groups excluding carboxylic acids is 2. The third-order valence-electron chi connectivity index (χ3n) is 3.90. The molecule has 1 aliphatic rings. The van der Waals surface area contributed by atoms with E-state index in [1.54, 1.807) is 38.1 Å². The van der Waals surface area contributed by atoms with Gasteiger partial charge in [0.1, 0.15) is 0 Å². The quantitative estimate of drug-likeness (QED) is 0.693. The number of hydrogen-bond acceptors (Lipinski definition) is 4. The SMILES string of the molecule is CC(C)(N)C(=O)Nc1ccc(C(=O)NCCN2CCCC2)cc1.Cl.Cl. The Kier molecular flexibility index (Phi) is 10.0. The molecule has 2 rings (SSSR count). The smallest absolute Gasteiger partial charge is 0.251 e. The molecule has 8 heteroatoms. The zero-order valence-corrected chi connectivity index (χ0v) is 16.3. The third-order valence-corrected chi connectivity index (χ3v) is 3.90. The predicted molar refractivity (Wildman–Crippen MR) is 106 cm³/mol. The van der Waals surface area contributed by atoms with Crippen LogP contribution in [-0.4, -0.2) is 48.4 Å². The minimum Gasteiger partial charge on any atom is -0.351 e. The van der Waals surface area contributed by atoms with E-state index in [2.05, 4.69) is 15.5 Å². The summed E-state index contributed by atoms with van der Waals surface area (Å²) in [7, 11) is 0. The molecule has 0 aromatic heterocycles. The van der Waals surface area contributed by atoms with Crippen LogP contribution >= 0.6 is 24.8 Å². The number of benzene rings is 1. The Morgan fingerprint density at radius 3 is 2.20 bits per heavy atom. The van der Waals surface area contributed by atoms with Crippen LogP contribution in [0.5, 0.6) is 0 Å². The normalized spacial score (nSPS) is 14.2. The van der Waals surface area contributed by atoms with Crippen LogP contribution in [0.15, 0.2) is 24.3 Å². The van der Waals surface area contributed by atoms with Gasteiger partial charge in [0.15, 0.2) is 0 Å². The molecular formula is C17H28Cl2N4O2. The number of nitrogens with one attached hydrogen (secondary N) is 2. The monoisotopic (exact) mass is 390 g/mol. The molecule has 4 N–H and O–H groups in total. The van der Waals surface area contributed by atoms with Gasteiger partial charge in [-0.3, -0.25) is 9.59 Å². The second-order valence-corrected chi connectivity index (χ2v) is 6.56. The van der Waals surface area contributed by atoms with Crippen molar-refractivity contribution in [2.24, 2.45) is 5.73 Å². The highest BCUT2D eigenvalue weighted by atomic mass is 35.5. The van der Waals surface area contributed by atoms with Gasteiger partial charge in [0.05, 0.1) is 5.54 Å². The molecule has 1 heterocycles. The zero-order chi connectivity index (χ0) is 16.9. The van der Waals surface area contributed by atoms with Crippen molar-refractivity contribution < 1.29 is 9.59 Å². The van der Waals surface area contributed by atoms with Crippen molar-refractivity contribution in [2.45, 2.75) is 32.2 Å². The van der Waals surface area contributed by atoms with Gasteiger partial charge in [0.2, 0.25) is 5.91 Å². The molecule has 0 saturated carbocycles. The van der Waals surface area contributed by atoms with Gasteiger partial charge >= 0.3 is 0 Å². The lowest BCUT2D eigenvalue weighted by molar-refractivity contribution is -0.120. The summed E-state index contributed by atoms with van der Waals surface area (Å²) >= 11 is 0. The van der Waals surface area contributed by atoms with E-state index < -0.39 is 5.54 Å². The van der Waals surface area contributed by atoms with E-state index in [1.165, 1.54) is 12.8 Å². The van der Waals surface area contributed by atoms with Gasteiger partial charge in [-0.1, -0.05) is 0 Å². The lowest BCUT2D eigenvalue weighted by atomic mass is 10.1. The van der Waals surface area contributed by atoms with Crippen LogP contribution < -0.4 is 16.4 Å². The average Bonchev–Trinajstić information content (AvgIpc) is 3.00. The maximum absolute atomic E-state index is 12.1. The lowest BCUT2D eigenvalue weighted by Gasteiger charge is -2.18. The van der Waals surface area contributed by atoms with Crippen LogP contribution in [-0.2, 0) is 4.79 Å². The largest absolute Gasteiger partial charge is 0.351 e. The van der Waals surface area contributed by atoms with Crippen molar-refractivity contribution in [2.75, 3.05) is 31.5 Å². The number of hydrogen-bond donors (Lipinski definition) is 3. The van der Waals surface area contributed by atoms with Crippen LogP contribution in [0.2, 0.25) is 0 Å². The molecule has 0 aliphatic carbocycles. The molecule has 2 amide bonds. The maximum atomic E-state index is 12.1. The van der Waals surface area contributed by atoms with Crippen molar-refractivity contribution in [1.82, 2.24) is 10.2 Å². The van der Waals surface area contributed by atoms with Crippen molar-refractivity contribution in [3.8, 4) is 0 Å². The molecule has 1 saturated heterocycles. The van der Waals surface area contributed by atoms with Crippen LogP contribution in [0.25, 0.3) is 0 Å². The van der Waals surface area contributed by atoms with Crippen LogP contribution in [0, 0.1) is 0 Å². The van der Waals surface area contributed by atoms with E-state index in [-0.39, 0.29) is 36.6 Å².